The summed E-state index contributed by atoms with van der Waals surface area (Å²) in [5.41, 5.74) is 5.34. The van der Waals surface area contributed by atoms with Crippen molar-refractivity contribution in [2.75, 3.05) is 6.54 Å². The Morgan fingerprint density at radius 2 is 2.19 bits per heavy atom. The Kier molecular flexibility index (Phi) is 7.37. The molecule has 16 heavy (non-hydrogen) atoms. The van der Waals surface area contributed by atoms with E-state index in [-0.39, 0.29) is 11.8 Å². The summed E-state index contributed by atoms with van der Waals surface area (Å²) in [6.45, 7) is 7.65. The number of amides is 1. The van der Waals surface area contributed by atoms with Crippen molar-refractivity contribution in [2.24, 2.45) is 16.6 Å². The molecule has 0 aliphatic rings. The van der Waals surface area contributed by atoms with Crippen LogP contribution in [0.2, 0.25) is 0 Å². The number of carbonyl (C=O) groups is 2. The standard InChI is InChI=1S/C11H21N3O2/c1-8(2)10(13-3)11(16)14-9(7-15)5-4-6-12/h7-10H,3-6,12H2,1-2H3,(H,14,16). The Labute approximate surface area is 96.5 Å². The van der Waals surface area contributed by atoms with Gasteiger partial charge in [0.1, 0.15) is 12.3 Å². The Bertz CT molecular complexity index is 241. The van der Waals surface area contributed by atoms with E-state index >= 15 is 0 Å². The molecule has 0 saturated carbocycles. The normalized spacial score (nSPS) is 14.2. The summed E-state index contributed by atoms with van der Waals surface area (Å²) in [6.07, 6.45) is 2.00. The molecule has 2 unspecified atom stereocenters. The van der Waals surface area contributed by atoms with Gasteiger partial charge in [-0.25, -0.2) is 0 Å². The Morgan fingerprint density at radius 3 is 2.56 bits per heavy atom. The van der Waals surface area contributed by atoms with E-state index in [4.69, 9.17) is 5.73 Å². The number of nitrogens with two attached hydrogens (primary N) is 1. The highest BCUT2D eigenvalue weighted by Crippen LogP contribution is 2.06. The largest absolute Gasteiger partial charge is 0.345 e. The van der Waals surface area contributed by atoms with Crippen molar-refractivity contribution < 1.29 is 9.59 Å². The van der Waals surface area contributed by atoms with Gasteiger partial charge in [0.05, 0.1) is 6.04 Å². The molecule has 0 aromatic carbocycles. The van der Waals surface area contributed by atoms with Crippen molar-refractivity contribution in [1.29, 1.82) is 0 Å². The van der Waals surface area contributed by atoms with Gasteiger partial charge in [-0.3, -0.25) is 9.79 Å². The molecule has 0 aromatic heterocycles. The monoisotopic (exact) mass is 227 g/mol. The fourth-order valence-corrected chi connectivity index (χ4v) is 1.38. The van der Waals surface area contributed by atoms with Gasteiger partial charge < -0.3 is 15.8 Å². The molecule has 1 amide bonds. The number of carbonyl (C=O) groups excluding carboxylic acids is 2. The second-order valence-corrected chi connectivity index (χ2v) is 4.05. The Hall–Kier alpha value is -1.23. The van der Waals surface area contributed by atoms with Gasteiger partial charge in [-0.2, -0.15) is 0 Å². The molecule has 3 N–H and O–H groups in total. The number of rotatable bonds is 8. The zero-order valence-corrected chi connectivity index (χ0v) is 9.98. The molecular weight excluding hydrogens is 206 g/mol. The molecule has 2 atom stereocenters. The third-order valence-electron chi connectivity index (χ3n) is 2.31. The average Bonchev–Trinajstić information content (AvgIpc) is 2.24. The number of aldehydes is 1. The summed E-state index contributed by atoms with van der Waals surface area (Å²) in [7, 11) is 0. The van der Waals surface area contributed by atoms with Crippen LogP contribution in [-0.4, -0.2) is 37.5 Å². The Balaban J connectivity index is 4.27. The van der Waals surface area contributed by atoms with Crippen LogP contribution in [0.4, 0.5) is 0 Å². The van der Waals surface area contributed by atoms with Crippen molar-refractivity contribution in [3.8, 4) is 0 Å². The maximum atomic E-state index is 11.7. The molecule has 0 spiro atoms. The average molecular weight is 227 g/mol. The molecule has 0 rings (SSSR count). The van der Waals surface area contributed by atoms with Gasteiger partial charge in [0, 0.05) is 0 Å². The van der Waals surface area contributed by atoms with Gasteiger partial charge >= 0.3 is 0 Å². The lowest BCUT2D eigenvalue weighted by Gasteiger charge is -2.18. The highest BCUT2D eigenvalue weighted by Gasteiger charge is 2.22. The topological polar surface area (TPSA) is 84.5 Å². The van der Waals surface area contributed by atoms with E-state index in [2.05, 4.69) is 17.0 Å². The van der Waals surface area contributed by atoms with Crippen LogP contribution >= 0.6 is 0 Å². The third-order valence-corrected chi connectivity index (χ3v) is 2.31. The lowest BCUT2D eigenvalue weighted by Crippen LogP contribution is -2.43. The molecule has 0 heterocycles. The van der Waals surface area contributed by atoms with E-state index in [0.717, 1.165) is 6.29 Å². The quantitative estimate of drug-likeness (QED) is 0.457. The number of aliphatic imine (C=N–C) groups is 1. The van der Waals surface area contributed by atoms with E-state index in [0.29, 0.717) is 19.4 Å². The number of nitrogens with one attached hydrogen (secondary N) is 1. The minimum Gasteiger partial charge on any atom is -0.345 e. The van der Waals surface area contributed by atoms with Crippen LogP contribution in [0.5, 0.6) is 0 Å². The maximum Gasteiger partial charge on any atom is 0.245 e. The summed E-state index contributed by atoms with van der Waals surface area (Å²) in [6, 6.07) is -0.973. The van der Waals surface area contributed by atoms with Crippen molar-refractivity contribution in [3.05, 3.63) is 0 Å². The molecule has 0 aliphatic heterocycles. The molecule has 0 aliphatic carbocycles. The van der Waals surface area contributed by atoms with Gasteiger partial charge in [-0.15, -0.1) is 0 Å². The van der Waals surface area contributed by atoms with Crippen molar-refractivity contribution in [2.45, 2.75) is 38.8 Å². The smallest absolute Gasteiger partial charge is 0.245 e. The molecule has 5 heteroatoms. The lowest BCUT2D eigenvalue weighted by molar-refractivity contribution is -0.125. The van der Waals surface area contributed by atoms with Crippen LogP contribution in [0, 0.1) is 5.92 Å². The zero-order chi connectivity index (χ0) is 12.6. The number of hydrogen-bond acceptors (Lipinski definition) is 4. The zero-order valence-electron chi connectivity index (χ0n) is 9.98. The fraction of sp³-hybridized carbons (Fsp3) is 0.727. The van der Waals surface area contributed by atoms with E-state index < -0.39 is 12.1 Å². The SMILES string of the molecule is C=NC(C(=O)NC(C=O)CCCN)C(C)C. The predicted octanol–water partition coefficient (Wildman–Crippen LogP) is 0.134. The van der Waals surface area contributed by atoms with Crippen LogP contribution in [0.1, 0.15) is 26.7 Å². The van der Waals surface area contributed by atoms with E-state index in [1.54, 1.807) is 0 Å². The highest BCUT2D eigenvalue weighted by atomic mass is 16.2. The molecule has 92 valence electrons. The molecule has 0 aromatic rings. The van der Waals surface area contributed by atoms with E-state index in [1.807, 2.05) is 13.8 Å². The second kappa shape index (κ2) is 7.98. The van der Waals surface area contributed by atoms with Crippen LogP contribution in [-0.2, 0) is 9.59 Å². The summed E-state index contributed by atoms with van der Waals surface area (Å²) in [5.74, 6) is -0.182. The summed E-state index contributed by atoms with van der Waals surface area (Å²) >= 11 is 0. The minimum atomic E-state index is -0.500. The third kappa shape index (κ3) is 5.02. The molecule has 0 fully saturated rings. The van der Waals surface area contributed by atoms with Crippen molar-refractivity contribution in [1.82, 2.24) is 5.32 Å². The van der Waals surface area contributed by atoms with Gasteiger partial charge in [0.25, 0.3) is 0 Å². The lowest BCUT2D eigenvalue weighted by atomic mass is 10.0. The first-order valence-corrected chi connectivity index (χ1v) is 5.48. The molecule has 0 radical (unpaired) electrons. The van der Waals surface area contributed by atoms with Crippen LogP contribution in [0.25, 0.3) is 0 Å². The van der Waals surface area contributed by atoms with Gasteiger partial charge in [-0.05, 0) is 32.0 Å². The summed E-state index contributed by atoms with van der Waals surface area (Å²) < 4.78 is 0. The highest BCUT2D eigenvalue weighted by molar-refractivity contribution is 5.85. The number of nitrogens with zero attached hydrogens (tertiary/aromatic N) is 1. The molecule has 5 nitrogen and oxygen atoms in total. The van der Waals surface area contributed by atoms with E-state index in [1.165, 1.54) is 0 Å². The van der Waals surface area contributed by atoms with Crippen LogP contribution in [0.3, 0.4) is 0 Å². The maximum absolute atomic E-state index is 11.7. The van der Waals surface area contributed by atoms with Crippen molar-refractivity contribution >= 4 is 18.9 Å². The molecule has 0 saturated heterocycles. The summed E-state index contributed by atoms with van der Waals surface area (Å²) in [4.78, 5) is 26.2. The first kappa shape index (κ1) is 14.8. The van der Waals surface area contributed by atoms with Crippen molar-refractivity contribution in [3.63, 3.8) is 0 Å². The first-order valence-electron chi connectivity index (χ1n) is 5.48. The fourth-order valence-electron chi connectivity index (χ4n) is 1.38. The number of hydrogen-bond donors (Lipinski definition) is 2. The van der Waals surface area contributed by atoms with Crippen LogP contribution in [0.15, 0.2) is 4.99 Å². The first-order chi connectivity index (χ1) is 7.56. The molecular formula is C11H21N3O2. The van der Waals surface area contributed by atoms with Crippen LogP contribution < -0.4 is 11.1 Å². The van der Waals surface area contributed by atoms with Gasteiger partial charge in [0.2, 0.25) is 5.91 Å². The Morgan fingerprint density at radius 1 is 1.56 bits per heavy atom. The second-order valence-electron chi connectivity index (χ2n) is 4.05. The summed E-state index contributed by atoms with van der Waals surface area (Å²) in [5, 5.41) is 2.64. The predicted molar refractivity (Wildman–Crippen MR) is 64.5 cm³/mol. The van der Waals surface area contributed by atoms with Gasteiger partial charge in [-0.1, -0.05) is 13.8 Å². The molecule has 0 bridgehead atoms. The minimum absolute atomic E-state index is 0.0688. The van der Waals surface area contributed by atoms with Gasteiger partial charge in [0.15, 0.2) is 0 Å². The van der Waals surface area contributed by atoms with E-state index in [9.17, 15) is 9.59 Å².